The zero-order valence-corrected chi connectivity index (χ0v) is 9.08. The zero-order valence-electron chi connectivity index (χ0n) is 9.08. The molecule has 0 unspecified atom stereocenters. The Balaban J connectivity index is 1.94. The summed E-state index contributed by atoms with van der Waals surface area (Å²) in [5, 5.41) is 3.35. The van der Waals surface area contributed by atoms with Crippen LogP contribution in [0.1, 0.15) is 5.56 Å². The molecule has 0 bridgehead atoms. The van der Waals surface area contributed by atoms with E-state index in [9.17, 15) is 0 Å². The van der Waals surface area contributed by atoms with Crippen molar-refractivity contribution in [2.45, 2.75) is 6.61 Å². The summed E-state index contributed by atoms with van der Waals surface area (Å²) < 4.78 is 10.6. The minimum atomic E-state index is 0.370. The van der Waals surface area contributed by atoms with Crippen LogP contribution < -0.4 is 0 Å². The normalized spacial score (nSPS) is 9.75. The molecule has 0 fully saturated rings. The molecule has 0 aliphatic rings. The van der Waals surface area contributed by atoms with E-state index in [-0.39, 0.29) is 0 Å². The summed E-state index contributed by atoms with van der Waals surface area (Å²) >= 11 is 0. The lowest BCUT2D eigenvalue weighted by molar-refractivity contribution is 0.0434. The molecule has 0 N–H and O–H groups in total. The van der Waals surface area contributed by atoms with Gasteiger partial charge in [-0.3, -0.25) is 0 Å². The fraction of sp³-hybridized carbons (Fsp3) is 0.455. The van der Waals surface area contributed by atoms with Gasteiger partial charge in [-0.15, -0.1) is 0 Å². The Hall–Kier alpha value is -1.55. The first kappa shape index (κ1) is 12.5. The van der Waals surface area contributed by atoms with Gasteiger partial charge in [-0.25, -0.2) is 0 Å². The molecular weight excluding hydrogens is 206 g/mol. The van der Waals surface area contributed by atoms with Crippen LogP contribution in [-0.2, 0) is 16.1 Å². The van der Waals surface area contributed by atoms with E-state index in [4.69, 9.17) is 15.0 Å². The van der Waals surface area contributed by atoms with Crippen molar-refractivity contribution in [3.63, 3.8) is 0 Å². The van der Waals surface area contributed by atoms with E-state index in [1.807, 2.05) is 30.3 Å². The van der Waals surface area contributed by atoms with Gasteiger partial charge in [0.2, 0.25) is 0 Å². The standard InChI is InChI=1S/C11H15N3O2/c12-14-13-6-7-15-8-9-16-10-11-4-2-1-3-5-11/h1-5H,6-10H2. The third-order valence-electron chi connectivity index (χ3n) is 1.88. The first-order valence-corrected chi connectivity index (χ1v) is 5.14. The topological polar surface area (TPSA) is 67.2 Å². The maximum absolute atomic E-state index is 8.01. The fourth-order valence-electron chi connectivity index (χ4n) is 1.13. The van der Waals surface area contributed by atoms with Gasteiger partial charge < -0.3 is 9.47 Å². The molecule has 5 heteroatoms. The Morgan fingerprint density at radius 1 is 1.06 bits per heavy atom. The molecular formula is C11H15N3O2. The van der Waals surface area contributed by atoms with Gasteiger partial charge in [-0.2, -0.15) is 0 Å². The Morgan fingerprint density at radius 2 is 1.81 bits per heavy atom. The van der Waals surface area contributed by atoms with Crippen molar-refractivity contribution in [1.82, 2.24) is 0 Å². The lowest BCUT2D eigenvalue weighted by Crippen LogP contribution is -2.06. The molecule has 0 atom stereocenters. The van der Waals surface area contributed by atoms with E-state index in [0.29, 0.717) is 33.0 Å². The third kappa shape index (κ3) is 6.03. The molecule has 0 spiro atoms. The van der Waals surface area contributed by atoms with Crippen LogP contribution >= 0.6 is 0 Å². The zero-order chi connectivity index (χ0) is 11.5. The lowest BCUT2D eigenvalue weighted by Gasteiger charge is -2.04. The maximum atomic E-state index is 8.01. The van der Waals surface area contributed by atoms with Gasteiger partial charge in [0.15, 0.2) is 0 Å². The smallest absolute Gasteiger partial charge is 0.0718 e. The molecule has 0 aliphatic heterocycles. The number of rotatable bonds is 8. The van der Waals surface area contributed by atoms with Crippen LogP contribution in [0, 0.1) is 0 Å². The first-order valence-electron chi connectivity index (χ1n) is 5.14. The van der Waals surface area contributed by atoms with Gasteiger partial charge in [-0.1, -0.05) is 35.4 Å². The van der Waals surface area contributed by atoms with E-state index in [1.165, 1.54) is 0 Å². The fourth-order valence-corrected chi connectivity index (χ4v) is 1.13. The minimum absolute atomic E-state index is 0.370. The van der Waals surface area contributed by atoms with Crippen molar-refractivity contribution in [2.24, 2.45) is 5.11 Å². The molecule has 16 heavy (non-hydrogen) atoms. The summed E-state index contributed by atoms with van der Waals surface area (Å²) in [6.07, 6.45) is 0. The molecule has 0 aliphatic carbocycles. The van der Waals surface area contributed by atoms with Crippen molar-refractivity contribution < 1.29 is 9.47 Å². The van der Waals surface area contributed by atoms with Crippen molar-refractivity contribution >= 4 is 0 Å². The Bertz CT molecular complexity index is 323. The minimum Gasteiger partial charge on any atom is -0.379 e. The number of azide groups is 1. The van der Waals surface area contributed by atoms with Crippen molar-refractivity contribution in [1.29, 1.82) is 0 Å². The predicted molar refractivity (Wildman–Crippen MR) is 60.9 cm³/mol. The first-order chi connectivity index (χ1) is 7.93. The second kappa shape index (κ2) is 8.73. The van der Waals surface area contributed by atoms with Crippen LogP contribution in [0.3, 0.4) is 0 Å². The van der Waals surface area contributed by atoms with E-state index in [1.54, 1.807) is 0 Å². The average Bonchev–Trinajstić information content (AvgIpc) is 2.34. The summed E-state index contributed by atoms with van der Waals surface area (Å²) in [4.78, 5) is 2.62. The van der Waals surface area contributed by atoms with Crippen LogP contribution in [0.15, 0.2) is 35.4 Å². The number of hydrogen-bond acceptors (Lipinski definition) is 3. The Labute approximate surface area is 94.6 Å². The molecule has 1 aromatic rings. The van der Waals surface area contributed by atoms with Gasteiger partial charge in [-0.05, 0) is 11.1 Å². The van der Waals surface area contributed by atoms with E-state index in [2.05, 4.69) is 10.0 Å². The Morgan fingerprint density at radius 3 is 2.56 bits per heavy atom. The molecule has 0 amide bonds. The van der Waals surface area contributed by atoms with Gasteiger partial charge in [0.25, 0.3) is 0 Å². The lowest BCUT2D eigenvalue weighted by atomic mass is 10.2. The van der Waals surface area contributed by atoms with Crippen molar-refractivity contribution in [2.75, 3.05) is 26.4 Å². The molecule has 86 valence electrons. The highest BCUT2D eigenvalue weighted by Crippen LogP contribution is 1.99. The van der Waals surface area contributed by atoms with Crippen molar-refractivity contribution in [3.05, 3.63) is 46.3 Å². The predicted octanol–water partition coefficient (Wildman–Crippen LogP) is 2.53. The van der Waals surface area contributed by atoms with Crippen LogP contribution in [-0.4, -0.2) is 26.4 Å². The number of nitrogens with zero attached hydrogens (tertiary/aromatic N) is 3. The van der Waals surface area contributed by atoms with E-state index in [0.717, 1.165) is 5.56 Å². The van der Waals surface area contributed by atoms with E-state index < -0.39 is 0 Å². The summed E-state index contributed by atoms with van der Waals surface area (Å²) in [5.41, 5.74) is 9.16. The van der Waals surface area contributed by atoms with Crippen molar-refractivity contribution in [3.8, 4) is 0 Å². The number of benzene rings is 1. The summed E-state index contributed by atoms with van der Waals surface area (Å²) in [6.45, 7) is 2.48. The molecule has 0 aromatic heterocycles. The quantitative estimate of drug-likeness (QED) is 0.293. The third-order valence-corrected chi connectivity index (χ3v) is 1.88. The SMILES string of the molecule is [N-]=[N+]=NCCOCCOCc1ccccc1. The van der Waals surface area contributed by atoms with Gasteiger partial charge in [0, 0.05) is 11.5 Å². The van der Waals surface area contributed by atoms with Gasteiger partial charge in [0.05, 0.1) is 26.4 Å². The second-order valence-electron chi connectivity index (χ2n) is 3.11. The highest BCUT2D eigenvalue weighted by molar-refractivity contribution is 5.13. The summed E-state index contributed by atoms with van der Waals surface area (Å²) in [5.74, 6) is 0. The number of hydrogen-bond donors (Lipinski definition) is 0. The van der Waals surface area contributed by atoms with Crippen LogP contribution in [0.4, 0.5) is 0 Å². The average molecular weight is 221 g/mol. The van der Waals surface area contributed by atoms with Crippen LogP contribution in [0.2, 0.25) is 0 Å². The van der Waals surface area contributed by atoms with Crippen LogP contribution in [0.5, 0.6) is 0 Å². The maximum Gasteiger partial charge on any atom is 0.0718 e. The summed E-state index contributed by atoms with van der Waals surface area (Å²) in [6, 6.07) is 9.97. The molecule has 5 nitrogen and oxygen atoms in total. The summed E-state index contributed by atoms with van der Waals surface area (Å²) in [7, 11) is 0. The Kier molecular flexibility index (Phi) is 6.83. The molecule has 1 rings (SSSR count). The highest BCUT2D eigenvalue weighted by atomic mass is 16.5. The van der Waals surface area contributed by atoms with Crippen LogP contribution in [0.25, 0.3) is 10.4 Å². The van der Waals surface area contributed by atoms with Gasteiger partial charge in [0.1, 0.15) is 0 Å². The monoisotopic (exact) mass is 221 g/mol. The van der Waals surface area contributed by atoms with E-state index >= 15 is 0 Å². The molecule has 0 saturated heterocycles. The molecule has 1 aromatic carbocycles. The number of ether oxygens (including phenoxy) is 2. The molecule has 0 heterocycles. The molecule has 0 saturated carbocycles. The largest absolute Gasteiger partial charge is 0.379 e. The highest BCUT2D eigenvalue weighted by Gasteiger charge is 1.92. The second-order valence-corrected chi connectivity index (χ2v) is 3.11. The molecule has 0 radical (unpaired) electrons. The van der Waals surface area contributed by atoms with Gasteiger partial charge >= 0.3 is 0 Å².